The number of nitrogens with one attached hydrogen (secondary N) is 2. The highest BCUT2D eigenvalue weighted by atomic mass is 16.5. The average molecular weight is 380 g/mol. The van der Waals surface area contributed by atoms with Gasteiger partial charge in [-0.05, 0) is 18.2 Å². The van der Waals surface area contributed by atoms with Gasteiger partial charge in [-0.2, -0.15) is 5.10 Å². The number of aromatic nitrogens is 4. The molecule has 8 nitrogen and oxygen atoms in total. The molecular weight excluding hydrogens is 356 g/mol. The minimum absolute atomic E-state index is 0.0640. The number of aromatic amines is 1. The smallest absolute Gasteiger partial charge is 0.230 e. The summed E-state index contributed by atoms with van der Waals surface area (Å²) in [5, 5.41) is 10.2. The van der Waals surface area contributed by atoms with Crippen LogP contribution in [0.1, 0.15) is 11.5 Å². The van der Waals surface area contributed by atoms with Crippen molar-refractivity contribution in [2.45, 2.75) is 13.1 Å². The van der Waals surface area contributed by atoms with Gasteiger partial charge in [-0.15, -0.1) is 0 Å². The summed E-state index contributed by atoms with van der Waals surface area (Å²) < 4.78 is 7.75. The van der Waals surface area contributed by atoms with Crippen LogP contribution in [0.5, 0.6) is 0 Å². The van der Waals surface area contributed by atoms with Gasteiger partial charge in [-0.25, -0.2) is 4.98 Å². The Balaban J connectivity index is 1.30. The van der Waals surface area contributed by atoms with Crippen LogP contribution in [0.4, 0.5) is 0 Å². The Morgan fingerprint density at radius 3 is 3.11 bits per heavy atom. The van der Waals surface area contributed by atoms with Gasteiger partial charge in [-0.3, -0.25) is 14.8 Å². The van der Waals surface area contributed by atoms with Crippen molar-refractivity contribution in [2.24, 2.45) is 18.4 Å². The fourth-order valence-electron chi connectivity index (χ4n) is 4.58. The second-order valence-corrected chi connectivity index (χ2v) is 7.88. The number of likely N-dealkylation sites (tertiary alicyclic amines) is 1. The maximum atomic E-state index is 13.2. The number of benzene rings is 1. The molecular formula is C20H24N6O2. The number of H-pyrrole nitrogens is 1. The Hall–Kier alpha value is -2.71. The van der Waals surface area contributed by atoms with Gasteiger partial charge in [0.05, 0.1) is 36.2 Å². The van der Waals surface area contributed by atoms with Crippen molar-refractivity contribution in [3.63, 3.8) is 0 Å². The Morgan fingerprint density at radius 2 is 2.29 bits per heavy atom. The summed E-state index contributed by atoms with van der Waals surface area (Å²) >= 11 is 0. The fourth-order valence-corrected chi connectivity index (χ4v) is 4.58. The zero-order valence-electron chi connectivity index (χ0n) is 15.9. The molecule has 2 N–H and O–H groups in total. The van der Waals surface area contributed by atoms with Crippen molar-refractivity contribution >= 4 is 16.9 Å². The van der Waals surface area contributed by atoms with E-state index in [2.05, 4.69) is 25.4 Å². The lowest BCUT2D eigenvalue weighted by molar-refractivity contribution is -0.131. The largest absolute Gasteiger partial charge is 0.380 e. The van der Waals surface area contributed by atoms with Crippen LogP contribution in [-0.2, 0) is 29.7 Å². The quantitative estimate of drug-likeness (QED) is 0.691. The van der Waals surface area contributed by atoms with E-state index >= 15 is 0 Å². The first-order chi connectivity index (χ1) is 13.7. The monoisotopic (exact) mass is 380 g/mol. The van der Waals surface area contributed by atoms with Gasteiger partial charge in [0.1, 0.15) is 5.82 Å². The SMILES string of the molecule is Cn1c(CNC(=O)[C@]23COC[C@H]2CN(Cc2ccn[nH]2)C3)nc2ccccc21. The Bertz CT molecular complexity index is 997. The van der Waals surface area contributed by atoms with Crippen molar-refractivity contribution in [2.75, 3.05) is 26.3 Å². The lowest BCUT2D eigenvalue weighted by Crippen LogP contribution is -2.46. The third-order valence-corrected chi connectivity index (χ3v) is 6.14. The Kier molecular flexibility index (Phi) is 4.17. The standard InChI is InChI=1S/C20H24N6O2/c1-25-17-5-3-2-4-16(17)23-18(25)8-21-19(27)20-12-26(9-14(20)11-28-13-20)10-15-6-7-22-24-15/h2-7,14H,8-13H2,1H3,(H,21,27)(H,22,24)/t14-,20-/m1/s1. The number of amides is 1. The molecule has 8 heteroatoms. The summed E-state index contributed by atoms with van der Waals surface area (Å²) in [4.78, 5) is 20.2. The second kappa shape index (κ2) is 6.72. The van der Waals surface area contributed by atoms with Gasteiger partial charge in [0.15, 0.2) is 0 Å². The number of ether oxygens (including phenoxy) is 1. The van der Waals surface area contributed by atoms with E-state index in [9.17, 15) is 4.79 Å². The van der Waals surface area contributed by atoms with E-state index in [1.807, 2.05) is 41.9 Å². The Morgan fingerprint density at radius 1 is 1.39 bits per heavy atom. The molecule has 2 saturated heterocycles. The molecule has 0 aliphatic carbocycles. The van der Waals surface area contributed by atoms with Crippen LogP contribution in [0.15, 0.2) is 36.5 Å². The number of carbonyl (C=O) groups is 1. The summed E-state index contributed by atoms with van der Waals surface area (Å²) in [6.45, 7) is 3.86. The molecule has 3 aromatic rings. The predicted octanol–water partition coefficient (Wildman–Crippen LogP) is 1.06. The summed E-state index contributed by atoms with van der Waals surface area (Å²) in [7, 11) is 1.98. The third kappa shape index (κ3) is 2.80. The first-order valence-corrected chi connectivity index (χ1v) is 9.63. The summed E-state index contributed by atoms with van der Waals surface area (Å²) in [6, 6.07) is 9.98. The number of para-hydroxylation sites is 2. The molecule has 2 aromatic heterocycles. The van der Waals surface area contributed by atoms with Crippen molar-refractivity contribution in [1.82, 2.24) is 30.0 Å². The highest BCUT2D eigenvalue weighted by Gasteiger charge is 2.55. The molecule has 0 saturated carbocycles. The lowest BCUT2D eigenvalue weighted by atomic mass is 9.80. The van der Waals surface area contributed by atoms with Crippen molar-refractivity contribution in [3.05, 3.63) is 48.0 Å². The first-order valence-electron chi connectivity index (χ1n) is 9.63. The van der Waals surface area contributed by atoms with Crippen molar-refractivity contribution in [1.29, 1.82) is 0 Å². The molecule has 28 heavy (non-hydrogen) atoms. The normalized spacial score (nSPS) is 24.7. The van der Waals surface area contributed by atoms with Crippen molar-refractivity contribution < 1.29 is 9.53 Å². The highest BCUT2D eigenvalue weighted by molar-refractivity contribution is 5.84. The van der Waals surface area contributed by atoms with E-state index in [1.54, 1.807) is 6.20 Å². The Labute approximate surface area is 162 Å². The molecule has 146 valence electrons. The third-order valence-electron chi connectivity index (χ3n) is 6.14. The van der Waals surface area contributed by atoms with E-state index < -0.39 is 5.41 Å². The average Bonchev–Trinajstić information content (AvgIpc) is 3.45. The second-order valence-electron chi connectivity index (χ2n) is 7.88. The maximum absolute atomic E-state index is 13.2. The number of hydrogen-bond acceptors (Lipinski definition) is 5. The van der Waals surface area contributed by atoms with Crippen LogP contribution in [0.25, 0.3) is 11.0 Å². The van der Waals surface area contributed by atoms with Crippen LogP contribution in [0.2, 0.25) is 0 Å². The molecule has 5 rings (SSSR count). The first kappa shape index (κ1) is 17.4. The molecule has 0 spiro atoms. The van der Waals surface area contributed by atoms with Crippen LogP contribution < -0.4 is 5.32 Å². The number of rotatable bonds is 5. The van der Waals surface area contributed by atoms with Gasteiger partial charge >= 0.3 is 0 Å². The number of nitrogens with zero attached hydrogens (tertiary/aromatic N) is 4. The molecule has 1 aromatic carbocycles. The van der Waals surface area contributed by atoms with Crippen LogP contribution in [0.3, 0.4) is 0 Å². The maximum Gasteiger partial charge on any atom is 0.230 e. The molecule has 4 heterocycles. The molecule has 0 radical (unpaired) electrons. The zero-order chi connectivity index (χ0) is 19.1. The van der Waals surface area contributed by atoms with E-state index in [1.165, 1.54) is 0 Å². The predicted molar refractivity (Wildman–Crippen MR) is 103 cm³/mol. The lowest BCUT2D eigenvalue weighted by Gasteiger charge is -2.26. The molecule has 2 fully saturated rings. The topological polar surface area (TPSA) is 88.1 Å². The molecule has 0 bridgehead atoms. The van der Waals surface area contributed by atoms with Gasteiger partial charge in [-0.1, -0.05) is 12.1 Å². The fraction of sp³-hybridized carbons (Fsp3) is 0.450. The number of imidazole rings is 1. The number of fused-ring (bicyclic) bond motifs is 2. The molecule has 1 amide bonds. The minimum atomic E-state index is -0.482. The zero-order valence-corrected chi connectivity index (χ0v) is 15.9. The molecule has 2 atom stereocenters. The van der Waals surface area contributed by atoms with Gasteiger partial charge in [0, 0.05) is 44.5 Å². The molecule has 2 aliphatic rings. The van der Waals surface area contributed by atoms with Crippen LogP contribution in [0, 0.1) is 11.3 Å². The summed E-state index contributed by atoms with van der Waals surface area (Å²) in [6.07, 6.45) is 1.76. The number of hydrogen-bond donors (Lipinski definition) is 2. The van der Waals surface area contributed by atoms with Crippen molar-refractivity contribution in [3.8, 4) is 0 Å². The minimum Gasteiger partial charge on any atom is -0.380 e. The highest BCUT2D eigenvalue weighted by Crippen LogP contribution is 2.42. The number of carbonyl (C=O) groups excluding carboxylic acids is 1. The van der Waals surface area contributed by atoms with E-state index in [0.717, 1.165) is 35.6 Å². The van der Waals surface area contributed by atoms with Gasteiger partial charge in [0.2, 0.25) is 5.91 Å². The van der Waals surface area contributed by atoms with Gasteiger partial charge < -0.3 is 14.6 Å². The summed E-state index contributed by atoms with van der Waals surface area (Å²) in [5.41, 5.74) is 2.60. The van der Waals surface area contributed by atoms with E-state index in [-0.39, 0.29) is 11.8 Å². The summed E-state index contributed by atoms with van der Waals surface area (Å²) in [5.74, 6) is 1.14. The molecule has 0 unspecified atom stereocenters. The molecule has 2 aliphatic heterocycles. The van der Waals surface area contributed by atoms with E-state index in [0.29, 0.717) is 26.3 Å². The van der Waals surface area contributed by atoms with E-state index in [4.69, 9.17) is 4.74 Å². The number of aryl methyl sites for hydroxylation is 1. The van der Waals surface area contributed by atoms with Gasteiger partial charge in [0.25, 0.3) is 0 Å². The van der Waals surface area contributed by atoms with Crippen LogP contribution >= 0.6 is 0 Å². The van der Waals surface area contributed by atoms with Crippen LogP contribution in [-0.4, -0.2) is 56.9 Å².